The second-order valence-electron chi connectivity index (χ2n) is 28.6. The molecule has 6 aromatic heterocycles. The fourth-order valence-corrected chi connectivity index (χ4v) is 10.6. The number of fused-ring (bicyclic) bond motifs is 6. The first-order chi connectivity index (χ1) is 52.1. The van der Waals surface area contributed by atoms with Crippen LogP contribution in [0.25, 0.3) is 64.6 Å². The lowest BCUT2D eigenvalue weighted by Crippen LogP contribution is -2.27. The molecule has 0 saturated carbocycles. The third kappa shape index (κ3) is 28.3. The van der Waals surface area contributed by atoms with E-state index in [4.69, 9.17) is 40.3 Å². The van der Waals surface area contributed by atoms with E-state index in [2.05, 4.69) is 83.0 Å². The van der Waals surface area contributed by atoms with Gasteiger partial charge in [-0.15, -0.1) is 0 Å². The summed E-state index contributed by atoms with van der Waals surface area (Å²) in [6, 6.07) is 43.2. The number of carbonyl (C=O) groups excluding carboxylic acids is 7. The summed E-state index contributed by atoms with van der Waals surface area (Å²) >= 11 is 6.81. The molecule has 6 aromatic carbocycles. The number of Topliss-reactive ketones (excluding diaryl/α,β-unsaturated/α-hetero) is 2. The minimum Gasteiger partial charge on any atom is -0.478 e. The molecule has 9 N–H and O–H groups in total. The number of carboxylic acids is 1. The van der Waals surface area contributed by atoms with Gasteiger partial charge in [-0.25, -0.2) is 58.7 Å². The Kier molecular flexibility index (Phi) is 29.6. The lowest BCUT2D eigenvalue weighted by atomic mass is 10.0. The molecular weight excluding hydrogens is 1550 g/mol. The molecule has 111 heavy (non-hydrogen) atoms. The second-order valence-corrected chi connectivity index (χ2v) is 30.4. The fraction of sp³-hybridized carbons (Fsp3) is 0.253. The number of amides is 4. The van der Waals surface area contributed by atoms with Crippen LogP contribution in [0.2, 0.25) is 0 Å². The summed E-state index contributed by atoms with van der Waals surface area (Å²) in [5.74, 6) is 1.36. The lowest BCUT2D eigenvalue weighted by molar-refractivity contribution is 0.0595. The minimum atomic E-state index is -1.00. The van der Waals surface area contributed by atoms with Gasteiger partial charge in [0.15, 0.2) is 11.6 Å². The van der Waals surface area contributed by atoms with Crippen LogP contribution in [0.5, 0.6) is 0 Å². The number of nitrogen functional groups attached to an aromatic ring is 2. The maximum Gasteiger partial charge on any atom is 0.413 e. The van der Waals surface area contributed by atoms with Crippen LogP contribution < -0.4 is 32.7 Å². The zero-order chi connectivity index (χ0) is 81.7. The fourth-order valence-electron chi connectivity index (χ4n) is 9.86. The van der Waals surface area contributed by atoms with Gasteiger partial charge in [-0.1, -0.05) is 94.2 Å². The molecule has 0 atom stereocenters. The van der Waals surface area contributed by atoms with Crippen LogP contribution in [0, 0.1) is 0 Å². The Hall–Kier alpha value is -12.3. The number of carbonyl (C=O) groups is 8. The highest BCUT2D eigenvalue weighted by Gasteiger charge is 2.21. The van der Waals surface area contributed by atoms with Crippen LogP contribution in [0.4, 0.5) is 54.1 Å². The number of nitrogens with one attached hydrogen (secondary N) is 4. The monoisotopic (exact) mass is 1630 g/mol. The summed E-state index contributed by atoms with van der Waals surface area (Å²) in [5.41, 5.74) is 10.9. The number of methoxy groups -OCH3 is 1. The number of hydrogen-bond donors (Lipinski definition) is 7. The number of aromatic nitrogens is 6. The Bertz CT molecular complexity index is 5260. The number of ether oxygens (including phenoxy) is 5. The molecule has 12 rings (SSSR count). The van der Waals surface area contributed by atoms with Crippen molar-refractivity contribution in [1.29, 1.82) is 0 Å². The van der Waals surface area contributed by atoms with E-state index in [9.17, 15) is 38.4 Å². The largest absolute Gasteiger partial charge is 0.478 e. The molecule has 0 aliphatic heterocycles. The summed E-state index contributed by atoms with van der Waals surface area (Å²) in [7, 11) is 1.33. The predicted molar refractivity (Wildman–Crippen MR) is 442 cm³/mol. The highest BCUT2D eigenvalue weighted by atomic mass is 79.9. The van der Waals surface area contributed by atoms with E-state index in [1.54, 1.807) is 154 Å². The first-order valence-corrected chi connectivity index (χ1v) is 36.3. The number of rotatable bonds is 10. The number of anilines is 6. The molecule has 0 fully saturated rings. The summed E-state index contributed by atoms with van der Waals surface area (Å²) < 4.78 is 27.4. The SMILES string of the molecule is CC(C)(C)OC(=O)Nc1cc2cc(Br)ccc2cn1.CC(C)(C)OC(=O)Nc1cc2cc(C(=O)O)ccc2cn1.CCC(=O)c1ccc2cnc(N)cc2c1.CCC(=O)c1ccc2cnc(NC(=O)OC(C)(C)C)cc2c1.COC(=O)c1ccc2cnc(NC(=O)OC(C)(C)C)cc2c1.Nc1cc2cc(Br)ccc2cn1. The van der Waals surface area contributed by atoms with Gasteiger partial charge in [0.05, 0.1) is 18.2 Å². The molecule has 0 radical (unpaired) electrons. The molecule has 0 aliphatic rings. The molecule has 26 nitrogen and oxygen atoms in total. The summed E-state index contributed by atoms with van der Waals surface area (Å²) in [4.78, 5) is 117. The molecule has 28 heteroatoms. The van der Waals surface area contributed by atoms with Gasteiger partial charge in [0, 0.05) is 102 Å². The normalized spacial score (nSPS) is 11.0. The number of carboxylic acid groups (broad SMARTS) is 1. The summed E-state index contributed by atoms with van der Waals surface area (Å²) in [5, 5.41) is 30.3. The number of nitrogens with zero attached hydrogens (tertiary/aromatic N) is 6. The molecule has 6 heterocycles. The van der Waals surface area contributed by atoms with Crippen LogP contribution in [-0.2, 0) is 23.7 Å². The Morgan fingerprint density at radius 3 is 0.874 bits per heavy atom. The lowest BCUT2D eigenvalue weighted by Gasteiger charge is -2.19. The highest BCUT2D eigenvalue weighted by Crippen LogP contribution is 2.27. The van der Waals surface area contributed by atoms with E-state index in [0.29, 0.717) is 64.3 Å². The predicted octanol–water partition coefficient (Wildman–Crippen LogP) is 20.2. The third-order valence-corrected chi connectivity index (χ3v) is 15.8. The molecule has 0 bridgehead atoms. The van der Waals surface area contributed by atoms with Gasteiger partial charge in [0.2, 0.25) is 0 Å². The van der Waals surface area contributed by atoms with Crippen molar-refractivity contribution >= 4 is 179 Å². The van der Waals surface area contributed by atoms with E-state index >= 15 is 0 Å². The van der Waals surface area contributed by atoms with E-state index in [-0.39, 0.29) is 17.1 Å². The number of aromatic carboxylic acids is 1. The summed E-state index contributed by atoms with van der Waals surface area (Å²) in [6.07, 6.45) is 8.77. The maximum absolute atomic E-state index is 11.8. The number of halogens is 2. The van der Waals surface area contributed by atoms with Crippen LogP contribution in [0.1, 0.15) is 151 Å². The van der Waals surface area contributed by atoms with Crippen molar-refractivity contribution in [2.75, 3.05) is 39.8 Å². The molecule has 0 unspecified atom stereocenters. The Morgan fingerprint density at radius 1 is 0.342 bits per heavy atom. The van der Waals surface area contributed by atoms with Gasteiger partial charge in [0.25, 0.3) is 0 Å². The van der Waals surface area contributed by atoms with Gasteiger partial charge >= 0.3 is 36.3 Å². The third-order valence-electron chi connectivity index (χ3n) is 14.8. The Morgan fingerprint density at radius 2 is 0.586 bits per heavy atom. The summed E-state index contributed by atoms with van der Waals surface area (Å²) in [6.45, 7) is 25.2. The quantitative estimate of drug-likeness (QED) is 0.0380. The highest BCUT2D eigenvalue weighted by molar-refractivity contribution is 9.10. The van der Waals surface area contributed by atoms with Crippen LogP contribution in [0.15, 0.2) is 192 Å². The first-order valence-electron chi connectivity index (χ1n) is 34.7. The second kappa shape index (κ2) is 38.2. The molecule has 578 valence electrons. The van der Waals surface area contributed by atoms with Crippen molar-refractivity contribution in [2.24, 2.45) is 0 Å². The number of hydrogen-bond acceptors (Lipinski definition) is 21. The molecule has 0 spiro atoms. The van der Waals surface area contributed by atoms with Crippen molar-refractivity contribution in [3.8, 4) is 0 Å². The van der Waals surface area contributed by atoms with Gasteiger partial charge in [-0.3, -0.25) is 30.9 Å². The van der Waals surface area contributed by atoms with Crippen molar-refractivity contribution in [3.63, 3.8) is 0 Å². The molecular formula is C83H88Br2N12O14. The standard InChI is InChI=1S/C17H20N2O3.C16H18N2O4.C15H16N2O4.C14H15BrN2O2.C12H12N2O.C9H7BrN2/c1-5-14(20)11-6-7-12-10-18-15(9-13(12)8-11)19-16(21)22-17(2,3)4;1-16(2,3)22-15(20)18-13-8-12-7-10(14(19)21-4)5-6-11(12)9-17-13;1-15(2,3)21-14(20)17-12-7-11-6-9(13(18)19)4-5-10(11)8-16-12;1-14(2,3)19-13(18)17-12-7-10-6-11(15)5-4-9(10)8-16-12;1-2-11(15)8-3-4-9-7-14-12(13)6-10(9)5-8;10-8-2-1-6-5-12-9(11)4-7(6)3-8/h6-10H,5H2,1-4H3,(H,18,19,21);5-9H,1-4H3,(H,17,18,20);4-8H,1-3H3,(H,18,19)(H,16,17,20);4-8H,1-3H3,(H,16,17,18);3-7H,2H2,1H3,(H2,13,14);1-5H,(H2,11,12). The van der Waals surface area contributed by atoms with Crippen molar-refractivity contribution in [2.45, 2.75) is 132 Å². The number of nitrogens with two attached hydrogens (primary N) is 2. The van der Waals surface area contributed by atoms with E-state index in [1.807, 2.05) is 113 Å². The van der Waals surface area contributed by atoms with Crippen LogP contribution in [-0.4, -0.2) is 112 Å². The number of pyridine rings is 6. The van der Waals surface area contributed by atoms with E-state index < -0.39 is 58.7 Å². The van der Waals surface area contributed by atoms with Crippen molar-refractivity contribution in [1.82, 2.24) is 29.9 Å². The maximum atomic E-state index is 11.8. The first kappa shape index (κ1) is 85.9. The molecule has 0 saturated heterocycles. The minimum absolute atomic E-state index is 0.0837. The van der Waals surface area contributed by atoms with Gasteiger partial charge in [-0.2, -0.15) is 0 Å². The number of benzene rings is 6. The molecule has 4 amide bonds. The Labute approximate surface area is 658 Å². The number of ketones is 2. The van der Waals surface area contributed by atoms with Crippen molar-refractivity contribution < 1.29 is 67.1 Å². The van der Waals surface area contributed by atoms with Crippen LogP contribution >= 0.6 is 31.9 Å². The zero-order valence-electron chi connectivity index (χ0n) is 64.1. The average molecular weight is 1640 g/mol. The average Bonchev–Trinajstić information content (AvgIpc) is 0.834. The van der Waals surface area contributed by atoms with Crippen molar-refractivity contribution in [3.05, 3.63) is 214 Å². The Balaban J connectivity index is 0.000000187. The van der Waals surface area contributed by atoms with Gasteiger partial charge in [-0.05, 0) is 212 Å². The molecule has 0 aliphatic carbocycles. The number of esters is 1. The van der Waals surface area contributed by atoms with Gasteiger partial charge < -0.3 is 40.3 Å². The zero-order valence-corrected chi connectivity index (χ0v) is 67.3. The molecule has 12 aromatic rings. The van der Waals surface area contributed by atoms with Crippen LogP contribution in [0.3, 0.4) is 0 Å². The van der Waals surface area contributed by atoms with Gasteiger partial charge in [0.1, 0.15) is 57.3 Å². The smallest absolute Gasteiger partial charge is 0.413 e. The van der Waals surface area contributed by atoms with E-state index in [0.717, 1.165) is 73.8 Å². The van der Waals surface area contributed by atoms with E-state index in [1.165, 1.54) is 19.2 Å². The topological polar surface area (TPSA) is 380 Å².